The molecule has 6 heteroatoms. The summed E-state index contributed by atoms with van der Waals surface area (Å²) in [5.41, 5.74) is 1.14. The van der Waals surface area contributed by atoms with E-state index in [0.717, 1.165) is 5.56 Å². The predicted molar refractivity (Wildman–Crippen MR) is 62.8 cm³/mol. The second kappa shape index (κ2) is 6.45. The molecule has 0 aromatic heterocycles. The minimum Gasteiger partial charge on any atom is -0.466 e. The van der Waals surface area contributed by atoms with Gasteiger partial charge < -0.3 is 9.47 Å². The Labute approximate surface area is 109 Å². The maximum atomic E-state index is 12.1. The van der Waals surface area contributed by atoms with Crippen LogP contribution in [-0.4, -0.2) is 18.9 Å². The van der Waals surface area contributed by atoms with Crippen LogP contribution in [0.2, 0.25) is 0 Å². The molecule has 0 spiro atoms. The molecule has 0 atom stereocenters. The lowest BCUT2D eigenvalue weighted by Crippen LogP contribution is -2.17. The molecule has 1 rings (SSSR count). The van der Waals surface area contributed by atoms with Gasteiger partial charge in [0.25, 0.3) is 0 Å². The van der Waals surface area contributed by atoms with E-state index in [9.17, 15) is 18.0 Å². The number of hydrogen-bond acceptors (Lipinski definition) is 3. The Hall–Kier alpha value is -1.72. The van der Waals surface area contributed by atoms with E-state index in [1.54, 1.807) is 13.0 Å². The Morgan fingerprint density at radius 2 is 2.00 bits per heavy atom. The molecule has 106 valence electrons. The third kappa shape index (κ3) is 5.63. The zero-order valence-electron chi connectivity index (χ0n) is 10.7. The molecule has 3 nitrogen and oxygen atoms in total. The molecule has 0 N–H and O–H groups in total. The first kappa shape index (κ1) is 15.3. The number of hydrogen-bond donors (Lipinski definition) is 0. The fraction of sp³-hybridized carbons (Fsp3) is 0.462. The SMILES string of the molecule is CCOC(=O)CCc1ccc(OC(F)(F)F)c(C)c1. The first-order chi connectivity index (χ1) is 8.81. The molecule has 0 saturated heterocycles. The van der Waals surface area contributed by atoms with Crippen LogP contribution in [0.4, 0.5) is 13.2 Å². The van der Waals surface area contributed by atoms with Crippen molar-refractivity contribution in [3.63, 3.8) is 0 Å². The summed E-state index contributed by atoms with van der Waals surface area (Å²) in [6.45, 7) is 3.55. The zero-order chi connectivity index (χ0) is 14.5. The molecule has 1 aromatic carbocycles. The molecule has 0 bridgehead atoms. The molecule has 0 amide bonds. The number of benzene rings is 1. The van der Waals surface area contributed by atoms with Gasteiger partial charge in [-0.2, -0.15) is 0 Å². The maximum Gasteiger partial charge on any atom is 0.573 e. The summed E-state index contributed by atoms with van der Waals surface area (Å²) in [7, 11) is 0. The van der Waals surface area contributed by atoms with Crippen molar-refractivity contribution in [3.8, 4) is 5.75 Å². The number of ether oxygens (including phenoxy) is 2. The molecule has 0 heterocycles. The maximum absolute atomic E-state index is 12.1. The van der Waals surface area contributed by atoms with E-state index in [-0.39, 0.29) is 18.1 Å². The number of alkyl halides is 3. The highest BCUT2D eigenvalue weighted by atomic mass is 19.4. The number of carbonyl (C=O) groups excluding carboxylic acids is 1. The third-order valence-electron chi connectivity index (χ3n) is 2.39. The third-order valence-corrected chi connectivity index (χ3v) is 2.39. The van der Waals surface area contributed by atoms with E-state index in [0.29, 0.717) is 18.6 Å². The van der Waals surface area contributed by atoms with Crippen LogP contribution in [0.15, 0.2) is 18.2 Å². The van der Waals surface area contributed by atoms with Crippen LogP contribution in [0.1, 0.15) is 24.5 Å². The fourth-order valence-electron chi connectivity index (χ4n) is 1.59. The number of rotatable bonds is 5. The van der Waals surface area contributed by atoms with Gasteiger partial charge >= 0.3 is 12.3 Å². The Bertz CT molecular complexity index is 441. The van der Waals surface area contributed by atoms with Crippen molar-refractivity contribution in [2.45, 2.75) is 33.1 Å². The highest BCUT2D eigenvalue weighted by Gasteiger charge is 2.31. The van der Waals surface area contributed by atoms with E-state index >= 15 is 0 Å². The van der Waals surface area contributed by atoms with E-state index < -0.39 is 6.36 Å². The average Bonchev–Trinajstić information content (AvgIpc) is 2.28. The fourth-order valence-corrected chi connectivity index (χ4v) is 1.59. The molecule has 0 aliphatic carbocycles. The first-order valence-electron chi connectivity index (χ1n) is 5.82. The topological polar surface area (TPSA) is 35.5 Å². The van der Waals surface area contributed by atoms with Crippen molar-refractivity contribution >= 4 is 5.97 Å². The normalized spacial score (nSPS) is 11.2. The van der Waals surface area contributed by atoms with E-state index in [1.807, 2.05) is 0 Å². The van der Waals surface area contributed by atoms with Crippen LogP contribution < -0.4 is 4.74 Å². The first-order valence-corrected chi connectivity index (χ1v) is 5.82. The largest absolute Gasteiger partial charge is 0.573 e. The summed E-state index contributed by atoms with van der Waals surface area (Å²) in [5.74, 6) is -0.553. The van der Waals surface area contributed by atoms with Crippen molar-refractivity contribution < 1.29 is 27.4 Å². The van der Waals surface area contributed by atoms with E-state index in [4.69, 9.17) is 4.74 Å². The Morgan fingerprint density at radius 1 is 1.32 bits per heavy atom. The Kier molecular flexibility index (Phi) is 5.20. The van der Waals surface area contributed by atoms with E-state index in [2.05, 4.69) is 4.74 Å². The van der Waals surface area contributed by atoms with Gasteiger partial charge in [0.15, 0.2) is 0 Å². The molecular weight excluding hydrogens is 261 g/mol. The Balaban J connectivity index is 2.64. The highest BCUT2D eigenvalue weighted by Crippen LogP contribution is 2.26. The molecule has 0 fully saturated rings. The van der Waals surface area contributed by atoms with Gasteiger partial charge in [0.2, 0.25) is 0 Å². The smallest absolute Gasteiger partial charge is 0.466 e. The minimum absolute atomic E-state index is 0.201. The summed E-state index contributed by atoms with van der Waals surface area (Å²) >= 11 is 0. The van der Waals surface area contributed by atoms with Gasteiger partial charge in [-0.3, -0.25) is 4.79 Å². The summed E-state index contributed by atoms with van der Waals surface area (Å²) in [5, 5.41) is 0. The lowest BCUT2D eigenvalue weighted by Gasteiger charge is -2.12. The van der Waals surface area contributed by atoms with Crippen molar-refractivity contribution in [2.75, 3.05) is 6.61 Å². The number of esters is 1. The van der Waals surface area contributed by atoms with Gasteiger partial charge in [0, 0.05) is 6.42 Å². The number of aryl methyl sites for hydroxylation is 2. The summed E-state index contributed by atoms with van der Waals surface area (Å²) < 4.78 is 44.9. The number of carbonyl (C=O) groups is 1. The molecule has 0 saturated carbocycles. The van der Waals surface area contributed by atoms with Gasteiger partial charge in [0.1, 0.15) is 5.75 Å². The van der Waals surface area contributed by atoms with Gasteiger partial charge in [-0.15, -0.1) is 13.2 Å². The van der Waals surface area contributed by atoms with Crippen molar-refractivity contribution in [3.05, 3.63) is 29.3 Å². The predicted octanol–water partition coefficient (Wildman–Crippen LogP) is 3.39. The van der Waals surface area contributed by atoms with Crippen LogP contribution in [0, 0.1) is 6.92 Å². The van der Waals surface area contributed by atoms with Gasteiger partial charge in [-0.05, 0) is 37.5 Å². The molecule has 0 aliphatic heterocycles. The highest BCUT2D eigenvalue weighted by molar-refractivity contribution is 5.69. The van der Waals surface area contributed by atoms with Crippen LogP contribution in [0.3, 0.4) is 0 Å². The van der Waals surface area contributed by atoms with Crippen molar-refractivity contribution in [1.29, 1.82) is 0 Å². The van der Waals surface area contributed by atoms with Gasteiger partial charge in [-0.1, -0.05) is 12.1 Å². The standard InChI is InChI=1S/C13H15F3O3/c1-3-18-12(17)7-5-10-4-6-11(9(2)8-10)19-13(14,15)16/h4,6,8H,3,5,7H2,1-2H3. The summed E-state index contributed by atoms with van der Waals surface area (Å²) in [6, 6.07) is 4.33. The van der Waals surface area contributed by atoms with Gasteiger partial charge in [-0.25, -0.2) is 0 Å². The lowest BCUT2D eigenvalue weighted by atomic mass is 10.1. The molecule has 0 aliphatic rings. The van der Waals surface area contributed by atoms with Crippen LogP contribution >= 0.6 is 0 Å². The van der Waals surface area contributed by atoms with Crippen LogP contribution in [0.25, 0.3) is 0 Å². The molecule has 19 heavy (non-hydrogen) atoms. The summed E-state index contributed by atoms with van der Waals surface area (Å²) in [4.78, 5) is 11.2. The molecular formula is C13H15F3O3. The molecule has 0 radical (unpaired) electrons. The second-order valence-corrected chi connectivity index (χ2v) is 3.95. The number of halogens is 3. The lowest BCUT2D eigenvalue weighted by molar-refractivity contribution is -0.274. The zero-order valence-corrected chi connectivity index (χ0v) is 10.7. The second-order valence-electron chi connectivity index (χ2n) is 3.95. The van der Waals surface area contributed by atoms with Crippen LogP contribution in [-0.2, 0) is 16.0 Å². The van der Waals surface area contributed by atoms with E-state index in [1.165, 1.54) is 19.1 Å². The van der Waals surface area contributed by atoms with Gasteiger partial charge in [0.05, 0.1) is 6.61 Å². The Morgan fingerprint density at radius 3 is 2.53 bits per heavy atom. The summed E-state index contributed by atoms with van der Waals surface area (Å²) in [6.07, 6.45) is -4.07. The molecule has 1 aromatic rings. The van der Waals surface area contributed by atoms with Crippen LogP contribution in [0.5, 0.6) is 5.75 Å². The van der Waals surface area contributed by atoms with Crippen molar-refractivity contribution in [2.24, 2.45) is 0 Å². The molecule has 0 unspecified atom stereocenters. The quantitative estimate of drug-likeness (QED) is 0.773. The average molecular weight is 276 g/mol. The monoisotopic (exact) mass is 276 g/mol. The minimum atomic E-state index is -4.70. The van der Waals surface area contributed by atoms with Crippen molar-refractivity contribution in [1.82, 2.24) is 0 Å².